The van der Waals surface area contributed by atoms with Crippen LogP contribution in [-0.2, 0) is 4.84 Å². The molecule has 0 bridgehead atoms. The van der Waals surface area contributed by atoms with Crippen LogP contribution in [0.2, 0.25) is 0 Å². The van der Waals surface area contributed by atoms with Crippen LogP contribution in [-0.4, -0.2) is 18.5 Å². The fourth-order valence-corrected chi connectivity index (χ4v) is 0.698. The molecule has 0 radical (unpaired) electrons. The Morgan fingerprint density at radius 2 is 2.50 bits per heavy atom. The first kappa shape index (κ1) is 5.53. The number of amidine groups is 1. The van der Waals surface area contributed by atoms with Gasteiger partial charge < -0.3 is 5.73 Å². The number of aliphatic imine (C=N–C) groups is 1. The van der Waals surface area contributed by atoms with Crippen LogP contribution < -0.4 is 11.6 Å². The Hall–Kier alpha value is -0.610. The molecule has 0 aliphatic carbocycles. The second-order valence-corrected chi connectivity index (χ2v) is 1.72. The van der Waals surface area contributed by atoms with Crippen molar-refractivity contribution >= 4 is 5.84 Å². The van der Waals surface area contributed by atoms with Crippen molar-refractivity contribution < 1.29 is 4.84 Å². The van der Waals surface area contributed by atoms with Crippen LogP contribution >= 0.6 is 0 Å². The van der Waals surface area contributed by atoms with Gasteiger partial charge in [0.15, 0.2) is 0 Å². The van der Waals surface area contributed by atoms with Crippen molar-refractivity contribution in [3.8, 4) is 0 Å². The van der Waals surface area contributed by atoms with Gasteiger partial charge in [-0.05, 0) is 0 Å². The monoisotopic (exact) mass is 115 g/mol. The molecule has 4 N–H and O–H groups in total. The molecule has 1 heterocycles. The molecule has 1 rings (SSSR count). The highest BCUT2D eigenvalue weighted by molar-refractivity contribution is 5.86. The van der Waals surface area contributed by atoms with Crippen LogP contribution in [0.5, 0.6) is 0 Å². The predicted molar refractivity (Wildman–Crippen MR) is 30.2 cm³/mol. The van der Waals surface area contributed by atoms with E-state index < -0.39 is 0 Å². The third-order valence-electron chi connectivity index (χ3n) is 1.18. The summed E-state index contributed by atoms with van der Waals surface area (Å²) in [5.74, 6) is 5.38. The van der Waals surface area contributed by atoms with Crippen molar-refractivity contribution in [2.45, 2.75) is 12.5 Å². The average Bonchev–Trinajstić information content (AvgIpc) is 2.14. The van der Waals surface area contributed by atoms with Gasteiger partial charge in [0.05, 0.1) is 0 Å². The highest BCUT2D eigenvalue weighted by atomic mass is 16.6. The third-order valence-corrected chi connectivity index (χ3v) is 1.18. The molecule has 0 spiro atoms. The minimum Gasteiger partial charge on any atom is -0.385 e. The van der Waals surface area contributed by atoms with Crippen LogP contribution in [0.1, 0.15) is 6.42 Å². The van der Waals surface area contributed by atoms with Crippen molar-refractivity contribution in [3.05, 3.63) is 0 Å². The summed E-state index contributed by atoms with van der Waals surface area (Å²) in [5, 5.41) is 0. The molecule has 0 aromatic heterocycles. The predicted octanol–water partition coefficient (Wildman–Crippen LogP) is -0.994. The molecule has 1 unspecified atom stereocenters. The standard InChI is InChI=1S/C4H9N3O/c5-4-3(8-6)1-2-7-4/h3H,1-2,6H2,(H2,5,7). The van der Waals surface area contributed by atoms with E-state index in [1.807, 2.05) is 0 Å². The first-order valence-electron chi connectivity index (χ1n) is 2.50. The van der Waals surface area contributed by atoms with Crippen LogP contribution in [0.3, 0.4) is 0 Å². The lowest BCUT2D eigenvalue weighted by Gasteiger charge is -2.03. The normalized spacial score (nSPS) is 28.1. The maximum absolute atomic E-state index is 5.33. The smallest absolute Gasteiger partial charge is 0.137 e. The third kappa shape index (κ3) is 0.801. The molecule has 1 aliphatic heterocycles. The molecular formula is C4H9N3O. The summed E-state index contributed by atoms with van der Waals surface area (Å²) in [6.07, 6.45) is 0.692. The van der Waals surface area contributed by atoms with E-state index in [4.69, 9.17) is 11.6 Å². The van der Waals surface area contributed by atoms with Crippen LogP contribution in [0.15, 0.2) is 4.99 Å². The van der Waals surface area contributed by atoms with Gasteiger partial charge in [-0.15, -0.1) is 0 Å². The van der Waals surface area contributed by atoms with Gasteiger partial charge in [-0.3, -0.25) is 9.83 Å². The van der Waals surface area contributed by atoms with Crippen LogP contribution in [0.4, 0.5) is 0 Å². The second kappa shape index (κ2) is 2.11. The quantitative estimate of drug-likeness (QED) is 0.431. The molecule has 0 saturated heterocycles. The lowest BCUT2D eigenvalue weighted by molar-refractivity contribution is 0.100. The molecule has 46 valence electrons. The molecule has 0 fully saturated rings. The van der Waals surface area contributed by atoms with E-state index in [-0.39, 0.29) is 6.10 Å². The van der Waals surface area contributed by atoms with Gasteiger partial charge >= 0.3 is 0 Å². The zero-order valence-electron chi connectivity index (χ0n) is 4.50. The maximum Gasteiger partial charge on any atom is 0.137 e. The largest absolute Gasteiger partial charge is 0.385 e. The molecule has 4 nitrogen and oxygen atoms in total. The SMILES string of the molecule is NOC1CCN=C1N. The molecule has 8 heavy (non-hydrogen) atoms. The highest BCUT2D eigenvalue weighted by Crippen LogP contribution is 2.03. The van der Waals surface area contributed by atoms with Crippen molar-refractivity contribution in [2.75, 3.05) is 6.54 Å². The van der Waals surface area contributed by atoms with Crippen molar-refractivity contribution in [3.63, 3.8) is 0 Å². The summed E-state index contributed by atoms with van der Waals surface area (Å²) < 4.78 is 0. The molecule has 0 amide bonds. The fraction of sp³-hybridized carbons (Fsp3) is 0.750. The van der Waals surface area contributed by atoms with Gasteiger partial charge in [0, 0.05) is 13.0 Å². The summed E-state index contributed by atoms with van der Waals surface area (Å²) in [5.41, 5.74) is 5.33. The Kier molecular flexibility index (Phi) is 1.45. The molecule has 1 aliphatic rings. The minimum absolute atomic E-state index is 0.130. The van der Waals surface area contributed by atoms with E-state index in [0.717, 1.165) is 13.0 Å². The van der Waals surface area contributed by atoms with E-state index in [0.29, 0.717) is 5.84 Å². The first-order valence-corrected chi connectivity index (χ1v) is 2.50. The van der Waals surface area contributed by atoms with Crippen molar-refractivity contribution in [2.24, 2.45) is 16.6 Å². The van der Waals surface area contributed by atoms with Gasteiger partial charge in [-0.25, -0.2) is 5.90 Å². The van der Waals surface area contributed by atoms with E-state index in [2.05, 4.69) is 9.83 Å². The number of hydrogen-bond acceptors (Lipinski definition) is 4. The zero-order chi connectivity index (χ0) is 5.98. The molecule has 0 aromatic carbocycles. The van der Waals surface area contributed by atoms with Gasteiger partial charge in [0.25, 0.3) is 0 Å². The Morgan fingerprint density at radius 1 is 1.75 bits per heavy atom. The lowest BCUT2D eigenvalue weighted by atomic mass is 10.3. The van der Waals surface area contributed by atoms with Crippen molar-refractivity contribution in [1.82, 2.24) is 0 Å². The Balaban J connectivity index is 2.46. The van der Waals surface area contributed by atoms with Gasteiger partial charge in [0.2, 0.25) is 0 Å². The summed E-state index contributed by atoms with van der Waals surface area (Å²) in [6.45, 7) is 0.744. The molecule has 0 aromatic rings. The van der Waals surface area contributed by atoms with Gasteiger partial charge in [-0.1, -0.05) is 0 Å². The number of hydrogen-bond donors (Lipinski definition) is 2. The Bertz CT molecular complexity index is 112. The number of nitrogens with two attached hydrogens (primary N) is 2. The highest BCUT2D eigenvalue weighted by Gasteiger charge is 2.16. The minimum atomic E-state index is -0.130. The molecule has 0 saturated carbocycles. The average molecular weight is 115 g/mol. The van der Waals surface area contributed by atoms with E-state index in [9.17, 15) is 0 Å². The molecule has 1 atom stereocenters. The fourth-order valence-electron chi connectivity index (χ4n) is 0.698. The topological polar surface area (TPSA) is 73.6 Å². The molecule has 4 heteroatoms. The van der Waals surface area contributed by atoms with Crippen LogP contribution in [0, 0.1) is 0 Å². The summed E-state index contributed by atoms with van der Waals surface area (Å²) >= 11 is 0. The van der Waals surface area contributed by atoms with E-state index in [1.165, 1.54) is 0 Å². The van der Waals surface area contributed by atoms with Gasteiger partial charge in [-0.2, -0.15) is 0 Å². The summed E-state index contributed by atoms with van der Waals surface area (Å²) in [4.78, 5) is 8.35. The Morgan fingerprint density at radius 3 is 2.75 bits per heavy atom. The number of nitrogens with zero attached hydrogens (tertiary/aromatic N) is 1. The van der Waals surface area contributed by atoms with E-state index in [1.54, 1.807) is 0 Å². The second-order valence-electron chi connectivity index (χ2n) is 1.72. The van der Waals surface area contributed by atoms with Gasteiger partial charge in [0.1, 0.15) is 11.9 Å². The summed E-state index contributed by atoms with van der Waals surface area (Å²) in [6, 6.07) is 0. The maximum atomic E-state index is 5.33. The lowest BCUT2D eigenvalue weighted by Crippen LogP contribution is -2.29. The Labute approximate surface area is 47.5 Å². The van der Waals surface area contributed by atoms with Crippen LogP contribution in [0.25, 0.3) is 0 Å². The first-order chi connectivity index (χ1) is 3.84. The van der Waals surface area contributed by atoms with E-state index >= 15 is 0 Å². The number of rotatable bonds is 1. The zero-order valence-corrected chi connectivity index (χ0v) is 4.50. The summed E-state index contributed by atoms with van der Waals surface area (Å²) in [7, 11) is 0. The van der Waals surface area contributed by atoms with Crippen molar-refractivity contribution in [1.29, 1.82) is 0 Å². The molecular weight excluding hydrogens is 106 g/mol.